The third kappa shape index (κ3) is 6.93. The van der Waals surface area contributed by atoms with E-state index in [1.165, 1.54) is 18.2 Å². The summed E-state index contributed by atoms with van der Waals surface area (Å²) in [4.78, 5) is 15.8. The largest absolute Gasteiger partial charge is 0.493 e. The molecule has 9 heteroatoms. The number of nitrogens with zero attached hydrogens (tertiary/aromatic N) is 2. The molecule has 262 valence electrons. The molecule has 2 aliphatic heterocycles. The number of rotatable bonds is 3. The SMILES string of the molecule is CCC1C=C2CSCC(=N)/C=C(\NC)CCc3cc(c4ccccc4c3)OCCCn3c(C(=O)OC)c(C)c4c(c(Cl)ccc43)C2=C(C)N1C. The van der Waals surface area contributed by atoms with Gasteiger partial charge < -0.3 is 29.7 Å². The van der Waals surface area contributed by atoms with Crippen LogP contribution in [0, 0.1) is 12.3 Å². The van der Waals surface area contributed by atoms with Gasteiger partial charge in [-0.25, -0.2) is 4.79 Å². The molecule has 0 spiro atoms. The van der Waals surface area contributed by atoms with Gasteiger partial charge in [0.2, 0.25) is 0 Å². The predicted octanol–water partition coefficient (Wildman–Crippen LogP) is 9.20. The molecule has 50 heavy (non-hydrogen) atoms. The van der Waals surface area contributed by atoms with Crippen molar-refractivity contribution in [1.29, 1.82) is 5.41 Å². The topological polar surface area (TPSA) is 79.6 Å². The minimum absolute atomic E-state index is 0.253. The Hall–Kier alpha value is -4.14. The first-order valence-electron chi connectivity index (χ1n) is 17.4. The molecule has 4 aromatic rings. The van der Waals surface area contributed by atoms with Gasteiger partial charge in [0.25, 0.3) is 0 Å². The van der Waals surface area contributed by atoms with Crippen molar-refractivity contribution in [2.24, 2.45) is 0 Å². The second-order valence-electron chi connectivity index (χ2n) is 13.1. The number of allylic oxidation sites excluding steroid dienone is 4. The maximum atomic E-state index is 13.4. The number of nitrogens with one attached hydrogen (secondary N) is 2. The van der Waals surface area contributed by atoms with Crippen LogP contribution in [0.4, 0.5) is 0 Å². The van der Waals surface area contributed by atoms with Crippen LogP contribution in [0.15, 0.2) is 77.7 Å². The molecular weight excluding hydrogens is 664 g/mol. The number of halogens is 1. The quantitative estimate of drug-likeness (QED) is 0.207. The Labute approximate surface area is 304 Å². The number of aryl methyl sites for hydroxylation is 3. The van der Waals surface area contributed by atoms with Crippen LogP contribution < -0.4 is 10.1 Å². The molecule has 1 unspecified atom stereocenters. The molecule has 2 aliphatic rings. The summed E-state index contributed by atoms with van der Waals surface area (Å²) in [5, 5.41) is 16.0. The Kier molecular flexibility index (Phi) is 11.0. The molecule has 0 fully saturated rings. The summed E-state index contributed by atoms with van der Waals surface area (Å²) in [6.45, 7) is 7.42. The number of benzene rings is 3. The van der Waals surface area contributed by atoms with E-state index in [0.29, 0.717) is 41.8 Å². The molecule has 0 aliphatic carbocycles. The molecule has 6 bridgehead atoms. The molecule has 1 aromatic heterocycles. The molecule has 1 atom stereocenters. The van der Waals surface area contributed by atoms with Crippen molar-refractivity contribution in [1.82, 2.24) is 14.8 Å². The first-order chi connectivity index (χ1) is 24.2. The number of carbonyl (C=O) groups is 1. The van der Waals surface area contributed by atoms with E-state index in [0.717, 1.165) is 80.5 Å². The number of methoxy groups -OCH3 is 1. The van der Waals surface area contributed by atoms with E-state index in [2.05, 4.69) is 72.1 Å². The van der Waals surface area contributed by atoms with Gasteiger partial charge >= 0.3 is 5.97 Å². The Morgan fingerprint density at radius 1 is 1.14 bits per heavy atom. The number of fused-ring (bicyclic) bond motifs is 6. The van der Waals surface area contributed by atoms with Crippen LogP contribution in [0.25, 0.3) is 27.2 Å². The predicted molar refractivity (Wildman–Crippen MR) is 210 cm³/mol. The van der Waals surface area contributed by atoms with Gasteiger partial charge in [-0.05, 0) is 85.9 Å². The summed E-state index contributed by atoms with van der Waals surface area (Å²) < 4.78 is 14.0. The Morgan fingerprint density at radius 2 is 1.94 bits per heavy atom. The lowest BCUT2D eigenvalue weighted by atomic mass is 9.88. The number of aromatic nitrogens is 1. The lowest BCUT2D eigenvalue weighted by molar-refractivity contribution is 0.0587. The van der Waals surface area contributed by atoms with E-state index in [1.54, 1.807) is 11.8 Å². The van der Waals surface area contributed by atoms with Crippen molar-refractivity contribution in [2.75, 3.05) is 39.3 Å². The summed E-state index contributed by atoms with van der Waals surface area (Å²) in [5.41, 5.74) is 9.51. The summed E-state index contributed by atoms with van der Waals surface area (Å²) in [7, 11) is 5.51. The fourth-order valence-corrected chi connectivity index (χ4v) is 8.58. The van der Waals surface area contributed by atoms with Gasteiger partial charge in [-0.3, -0.25) is 0 Å². The van der Waals surface area contributed by atoms with E-state index in [-0.39, 0.29) is 12.0 Å². The zero-order valence-corrected chi connectivity index (χ0v) is 31.5. The Morgan fingerprint density at radius 3 is 2.70 bits per heavy atom. The van der Waals surface area contributed by atoms with Crippen molar-refractivity contribution >= 4 is 62.3 Å². The third-order valence-electron chi connectivity index (χ3n) is 10.1. The second-order valence-corrected chi connectivity index (χ2v) is 14.5. The average Bonchev–Trinajstić information content (AvgIpc) is 3.40. The van der Waals surface area contributed by atoms with Crippen molar-refractivity contribution in [2.45, 2.75) is 59.0 Å². The molecule has 7 nitrogen and oxygen atoms in total. The highest BCUT2D eigenvalue weighted by Crippen LogP contribution is 2.44. The van der Waals surface area contributed by atoms with Gasteiger partial charge in [-0.2, -0.15) is 11.8 Å². The minimum atomic E-state index is -0.369. The number of ether oxygens (including phenoxy) is 2. The molecular formula is C41H47ClN4O3S. The molecule has 6 rings (SSSR count). The number of thioether (sulfide) groups is 1. The normalized spacial score (nSPS) is 19.0. The standard InChI is InChI=1S/C41H47ClN4O3S/c1-7-32-21-29-23-50-24-30(43)22-31(44-4)14-13-27-19-28-11-8-9-12-33(28)36(20-27)49-18-10-17-46-35-16-15-34(42)39(38(29)26(3)45(32)5)37(35)25(2)40(46)41(47)48-6/h8-9,11-12,15-16,19-22,32,43-44H,7,10,13-14,17-18,23-24H2,1-6H3/b31-22-,43-30?. The summed E-state index contributed by atoms with van der Waals surface area (Å²) in [6.07, 6.45) is 7.60. The monoisotopic (exact) mass is 710 g/mol. The molecule has 2 N–H and O–H groups in total. The smallest absolute Gasteiger partial charge is 0.354 e. The molecule has 0 amide bonds. The number of hydrogen-bond acceptors (Lipinski definition) is 7. The second kappa shape index (κ2) is 15.4. The fourth-order valence-electron chi connectivity index (χ4n) is 7.46. The molecule has 3 aromatic carbocycles. The van der Waals surface area contributed by atoms with Crippen LogP contribution in [0.1, 0.15) is 60.3 Å². The highest BCUT2D eigenvalue weighted by molar-refractivity contribution is 8.00. The zero-order valence-electron chi connectivity index (χ0n) is 29.9. The highest BCUT2D eigenvalue weighted by atomic mass is 35.5. The van der Waals surface area contributed by atoms with Crippen LogP contribution >= 0.6 is 23.4 Å². The van der Waals surface area contributed by atoms with Crippen molar-refractivity contribution < 1.29 is 14.3 Å². The van der Waals surface area contributed by atoms with Crippen LogP contribution in [0.3, 0.4) is 0 Å². The first-order valence-corrected chi connectivity index (χ1v) is 18.9. The van der Waals surface area contributed by atoms with Crippen molar-refractivity contribution in [3.63, 3.8) is 0 Å². The molecule has 0 radical (unpaired) electrons. The lowest BCUT2D eigenvalue weighted by Crippen LogP contribution is -2.32. The van der Waals surface area contributed by atoms with Crippen LogP contribution in [0.5, 0.6) is 5.75 Å². The minimum Gasteiger partial charge on any atom is -0.493 e. The Balaban J connectivity index is 1.50. The molecule has 0 saturated heterocycles. The van der Waals surface area contributed by atoms with Gasteiger partial charge in [0.05, 0.1) is 13.7 Å². The average molecular weight is 711 g/mol. The summed E-state index contributed by atoms with van der Waals surface area (Å²) in [6, 6.07) is 16.9. The number of esters is 1. The van der Waals surface area contributed by atoms with Crippen molar-refractivity contribution in [3.05, 3.63) is 105 Å². The number of carbonyl (C=O) groups excluding carboxylic acids is 1. The van der Waals surface area contributed by atoms with Gasteiger partial charge in [-0.15, -0.1) is 0 Å². The third-order valence-corrected chi connectivity index (χ3v) is 11.5. The zero-order chi connectivity index (χ0) is 35.5. The highest BCUT2D eigenvalue weighted by Gasteiger charge is 2.30. The number of hydrogen-bond donors (Lipinski definition) is 2. The number of likely N-dealkylation sites (N-methyl/N-ethyl adjacent to an activating group) is 1. The van der Waals surface area contributed by atoms with Gasteiger partial charge in [-0.1, -0.05) is 54.9 Å². The molecule has 0 saturated carbocycles. The van der Waals surface area contributed by atoms with Crippen LogP contribution in [0.2, 0.25) is 5.02 Å². The van der Waals surface area contributed by atoms with Gasteiger partial charge in [0, 0.05) is 87.7 Å². The summed E-state index contributed by atoms with van der Waals surface area (Å²) >= 11 is 8.92. The first kappa shape index (κ1) is 35.7. The van der Waals surface area contributed by atoms with Gasteiger partial charge in [0.15, 0.2) is 0 Å². The maximum absolute atomic E-state index is 13.4. The fraction of sp³-hybridized carbons (Fsp3) is 0.366. The van der Waals surface area contributed by atoms with E-state index in [1.807, 2.05) is 38.2 Å². The lowest BCUT2D eigenvalue weighted by Gasteiger charge is -2.36. The molecule has 3 heterocycles. The van der Waals surface area contributed by atoms with Crippen molar-refractivity contribution in [3.8, 4) is 5.75 Å². The summed E-state index contributed by atoms with van der Waals surface area (Å²) in [5.74, 6) is 1.80. The maximum Gasteiger partial charge on any atom is 0.354 e. The van der Waals surface area contributed by atoms with E-state index in [4.69, 9.17) is 26.5 Å². The van der Waals surface area contributed by atoms with Crippen LogP contribution in [-0.4, -0.2) is 66.5 Å². The van der Waals surface area contributed by atoms with Crippen LogP contribution in [-0.2, 0) is 17.7 Å². The Bertz CT molecular complexity index is 2060. The van der Waals surface area contributed by atoms with E-state index in [9.17, 15) is 4.79 Å². The van der Waals surface area contributed by atoms with E-state index >= 15 is 0 Å². The van der Waals surface area contributed by atoms with Gasteiger partial charge in [0.1, 0.15) is 11.4 Å². The van der Waals surface area contributed by atoms with E-state index < -0.39 is 0 Å².